The van der Waals surface area contributed by atoms with Crippen molar-refractivity contribution in [1.29, 1.82) is 0 Å². The number of anilines is 1. The average molecular weight is 292 g/mol. The number of halogens is 2. The Labute approximate surface area is 122 Å². The fourth-order valence-electron chi connectivity index (χ4n) is 2.10. The maximum absolute atomic E-state index is 13.8. The summed E-state index contributed by atoms with van der Waals surface area (Å²) in [6.45, 7) is 0.317. The number of nitrogens with zero attached hydrogens (tertiary/aromatic N) is 1. The molecule has 6 N–H and O–H groups in total. The molecule has 0 fully saturated rings. The van der Waals surface area contributed by atoms with E-state index in [0.717, 1.165) is 17.2 Å². The summed E-state index contributed by atoms with van der Waals surface area (Å²) in [5.74, 6) is -1.43. The molecule has 0 radical (unpaired) electrons. The molecule has 1 atom stereocenters. The molecule has 2 rings (SSSR count). The lowest BCUT2D eigenvalue weighted by Crippen LogP contribution is -2.41. The van der Waals surface area contributed by atoms with E-state index in [0.29, 0.717) is 6.54 Å². The second-order valence-electron chi connectivity index (χ2n) is 4.86. The van der Waals surface area contributed by atoms with Crippen molar-refractivity contribution in [2.45, 2.75) is 6.17 Å². The predicted molar refractivity (Wildman–Crippen MR) is 80.8 cm³/mol. The van der Waals surface area contributed by atoms with E-state index < -0.39 is 11.6 Å². The lowest BCUT2D eigenvalue weighted by atomic mass is 10.0. The smallest absolute Gasteiger partial charge is 0.156 e. The SMILES string of the molecule is CN1C=C(C=Cc2c(F)ccc(N)c2F)C=C(CN)C1N. The van der Waals surface area contributed by atoms with Crippen molar-refractivity contribution in [1.82, 2.24) is 4.90 Å². The van der Waals surface area contributed by atoms with Gasteiger partial charge in [-0.1, -0.05) is 6.08 Å². The summed E-state index contributed by atoms with van der Waals surface area (Å²) >= 11 is 0. The van der Waals surface area contributed by atoms with Gasteiger partial charge >= 0.3 is 0 Å². The molecule has 112 valence electrons. The number of benzene rings is 1. The van der Waals surface area contributed by atoms with Crippen LogP contribution in [0.4, 0.5) is 14.5 Å². The quantitative estimate of drug-likeness (QED) is 0.738. The average Bonchev–Trinajstić information content (AvgIpc) is 2.46. The van der Waals surface area contributed by atoms with Crippen LogP contribution in [-0.2, 0) is 0 Å². The second kappa shape index (κ2) is 6.07. The van der Waals surface area contributed by atoms with Crippen LogP contribution in [0.15, 0.2) is 41.6 Å². The molecule has 1 aliphatic rings. The number of nitrogen functional groups attached to an aromatic ring is 1. The van der Waals surface area contributed by atoms with Crippen LogP contribution in [0.3, 0.4) is 0 Å². The first-order valence-electron chi connectivity index (χ1n) is 6.45. The van der Waals surface area contributed by atoms with Gasteiger partial charge in [0.2, 0.25) is 0 Å². The van der Waals surface area contributed by atoms with Crippen molar-refractivity contribution in [3.05, 3.63) is 58.8 Å². The van der Waals surface area contributed by atoms with Crippen LogP contribution < -0.4 is 17.2 Å². The van der Waals surface area contributed by atoms with E-state index in [2.05, 4.69) is 0 Å². The first-order valence-corrected chi connectivity index (χ1v) is 6.45. The fraction of sp³-hybridized carbons (Fsp3) is 0.200. The zero-order chi connectivity index (χ0) is 15.6. The molecular formula is C15H18F2N4. The van der Waals surface area contributed by atoms with E-state index in [-0.39, 0.29) is 17.4 Å². The number of hydrogen-bond donors (Lipinski definition) is 3. The third-order valence-electron chi connectivity index (χ3n) is 3.36. The minimum Gasteiger partial charge on any atom is -0.396 e. The molecule has 1 unspecified atom stereocenters. The van der Waals surface area contributed by atoms with E-state index >= 15 is 0 Å². The second-order valence-corrected chi connectivity index (χ2v) is 4.86. The Kier molecular flexibility index (Phi) is 4.40. The monoisotopic (exact) mass is 292 g/mol. The highest BCUT2D eigenvalue weighted by molar-refractivity contribution is 5.61. The zero-order valence-electron chi connectivity index (χ0n) is 11.7. The van der Waals surface area contributed by atoms with Crippen LogP contribution in [0.25, 0.3) is 6.08 Å². The Morgan fingerprint density at radius 1 is 1.29 bits per heavy atom. The normalized spacial score (nSPS) is 18.9. The van der Waals surface area contributed by atoms with Crippen LogP contribution in [0.1, 0.15) is 5.56 Å². The largest absolute Gasteiger partial charge is 0.396 e. The van der Waals surface area contributed by atoms with Crippen molar-refractivity contribution in [3.63, 3.8) is 0 Å². The van der Waals surface area contributed by atoms with Gasteiger partial charge in [0.05, 0.1) is 11.9 Å². The van der Waals surface area contributed by atoms with Gasteiger partial charge < -0.3 is 22.1 Å². The van der Waals surface area contributed by atoms with Gasteiger partial charge in [-0.05, 0) is 35.4 Å². The molecule has 1 aromatic carbocycles. The highest BCUT2D eigenvalue weighted by Gasteiger charge is 2.16. The van der Waals surface area contributed by atoms with Crippen LogP contribution in [0.2, 0.25) is 0 Å². The Morgan fingerprint density at radius 2 is 2.00 bits per heavy atom. The number of nitrogens with two attached hydrogens (primary N) is 3. The molecule has 1 heterocycles. The van der Waals surface area contributed by atoms with Crippen molar-refractivity contribution >= 4 is 11.8 Å². The van der Waals surface area contributed by atoms with Crippen LogP contribution in [-0.4, -0.2) is 24.7 Å². The molecule has 6 heteroatoms. The molecule has 1 aromatic rings. The van der Waals surface area contributed by atoms with E-state index in [1.165, 1.54) is 12.1 Å². The van der Waals surface area contributed by atoms with Gasteiger partial charge in [-0.25, -0.2) is 8.78 Å². The topological polar surface area (TPSA) is 81.3 Å². The first kappa shape index (κ1) is 15.2. The third kappa shape index (κ3) is 3.12. The van der Waals surface area contributed by atoms with E-state index in [9.17, 15) is 8.78 Å². The summed E-state index contributed by atoms with van der Waals surface area (Å²) in [6, 6.07) is 2.33. The van der Waals surface area contributed by atoms with Crippen molar-refractivity contribution in [2.24, 2.45) is 11.5 Å². The molecule has 0 aliphatic carbocycles. The number of allylic oxidation sites excluding steroid dienone is 3. The molecular weight excluding hydrogens is 274 g/mol. The number of hydrogen-bond acceptors (Lipinski definition) is 4. The van der Waals surface area contributed by atoms with Crippen molar-refractivity contribution < 1.29 is 8.78 Å². The van der Waals surface area contributed by atoms with Crippen LogP contribution >= 0.6 is 0 Å². The molecule has 0 aromatic heterocycles. The fourth-order valence-corrected chi connectivity index (χ4v) is 2.10. The number of rotatable bonds is 3. The summed E-state index contributed by atoms with van der Waals surface area (Å²) in [6.07, 6.45) is 6.25. The standard InChI is InChI=1S/C15H18F2N4/c1-21-8-9(6-10(7-18)15(21)20)2-3-11-12(16)4-5-13(19)14(11)17/h2-6,8,15H,7,18-20H2,1H3. The number of likely N-dealkylation sites (N-methyl/N-ethyl adjacent to an activating group) is 1. The Hall–Kier alpha value is -2.18. The van der Waals surface area contributed by atoms with Crippen LogP contribution in [0, 0.1) is 11.6 Å². The zero-order valence-corrected chi connectivity index (χ0v) is 11.7. The molecule has 1 aliphatic heterocycles. The first-order chi connectivity index (χ1) is 9.93. The van der Waals surface area contributed by atoms with Gasteiger partial charge in [0.1, 0.15) is 5.82 Å². The minimum absolute atomic E-state index is 0.0917. The lowest BCUT2D eigenvalue weighted by Gasteiger charge is -2.29. The summed E-state index contributed by atoms with van der Waals surface area (Å²) in [5, 5.41) is 0. The molecule has 0 spiro atoms. The van der Waals surface area contributed by atoms with E-state index in [1.807, 2.05) is 13.1 Å². The lowest BCUT2D eigenvalue weighted by molar-refractivity contribution is 0.367. The summed E-state index contributed by atoms with van der Waals surface area (Å²) in [5.41, 5.74) is 18.3. The van der Waals surface area contributed by atoms with Gasteiger partial charge in [-0.3, -0.25) is 0 Å². The van der Waals surface area contributed by atoms with Gasteiger partial charge in [-0.2, -0.15) is 0 Å². The third-order valence-corrected chi connectivity index (χ3v) is 3.36. The highest BCUT2D eigenvalue weighted by Crippen LogP contribution is 2.22. The van der Waals surface area contributed by atoms with Gasteiger partial charge in [0, 0.05) is 25.4 Å². The summed E-state index contributed by atoms with van der Waals surface area (Å²) in [7, 11) is 1.81. The predicted octanol–water partition coefficient (Wildman–Crippen LogP) is 1.56. The summed E-state index contributed by atoms with van der Waals surface area (Å²) in [4.78, 5) is 1.79. The van der Waals surface area contributed by atoms with Gasteiger partial charge in [0.25, 0.3) is 0 Å². The minimum atomic E-state index is -0.768. The van der Waals surface area contributed by atoms with Crippen molar-refractivity contribution in [2.75, 3.05) is 19.3 Å². The Balaban J connectivity index is 2.32. The molecule has 0 saturated heterocycles. The maximum atomic E-state index is 13.8. The van der Waals surface area contributed by atoms with Gasteiger partial charge in [-0.15, -0.1) is 0 Å². The van der Waals surface area contributed by atoms with E-state index in [4.69, 9.17) is 17.2 Å². The maximum Gasteiger partial charge on any atom is 0.156 e. The molecule has 4 nitrogen and oxygen atoms in total. The molecule has 0 amide bonds. The Morgan fingerprint density at radius 3 is 2.67 bits per heavy atom. The van der Waals surface area contributed by atoms with Crippen LogP contribution in [0.5, 0.6) is 0 Å². The Bertz CT molecular complexity index is 635. The van der Waals surface area contributed by atoms with E-state index in [1.54, 1.807) is 17.2 Å². The molecule has 0 saturated carbocycles. The highest BCUT2D eigenvalue weighted by atomic mass is 19.1. The molecule has 0 bridgehead atoms. The summed E-state index contributed by atoms with van der Waals surface area (Å²) < 4.78 is 27.4. The van der Waals surface area contributed by atoms with Crippen molar-refractivity contribution in [3.8, 4) is 0 Å². The molecule has 21 heavy (non-hydrogen) atoms. The van der Waals surface area contributed by atoms with Gasteiger partial charge in [0.15, 0.2) is 5.82 Å².